The van der Waals surface area contributed by atoms with Gasteiger partial charge in [0.05, 0.1) is 26.1 Å². The van der Waals surface area contributed by atoms with E-state index in [-0.39, 0.29) is 24.8 Å². The highest BCUT2D eigenvalue weighted by Crippen LogP contribution is 2.13. The van der Waals surface area contributed by atoms with Gasteiger partial charge in [-0.1, -0.05) is 39.2 Å². The smallest absolute Gasteiger partial charge is 0.306 e. The molecule has 1 unspecified atom stereocenters. The zero-order valence-electron chi connectivity index (χ0n) is 12.9. The third-order valence-corrected chi connectivity index (χ3v) is 3.14. The standard InChI is InChI=1S/C16H28O4/c1-4-7-9-14(6-3)13-20-16(18)11-10-15(17)19-12-8-5-2/h5,14H,2,4,6-13H2,1,3H3. The van der Waals surface area contributed by atoms with Crippen molar-refractivity contribution in [1.82, 2.24) is 0 Å². The van der Waals surface area contributed by atoms with Gasteiger partial charge in [0.25, 0.3) is 0 Å². The molecular weight excluding hydrogens is 256 g/mol. The van der Waals surface area contributed by atoms with Crippen LogP contribution in [0.4, 0.5) is 0 Å². The minimum absolute atomic E-state index is 0.0850. The van der Waals surface area contributed by atoms with Gasteiger partial charge in [0, 0.05) is 0 Å². The molecule has 4 heteroatoms. The Morgan fingerprint density at radius 1 is 1.15 bits per heavy atom. The average molecular weight is 284 g/mol. The largest absolute Gasteiger partial charge is 0.465 e. The second-order valence-corrected chi connectivity index (χ2v) is 4.90. The van der Waals surface area contributed by atoms with Gasteiger partial charge in [-0.05, 0) is 18.8 Å². The Hall–Kier alpha value is -1.32. The second kappa shape index (κ2) is 12.7. The molecular formula is C16H28O4. The predicted octanol–water partition coefficient (Wildman–Crippen LogP) is 3.65. The number of hydrogen-bond acceptors (Lipinski definition) is 4. The molecule has 0 aromatic rings. The van der Waals surface area contributed by atoms with Gasteiger partial charge < -0.3 is 9.47 Å². The van der Waals surface area contributed by atoms with Crippen LogP contribution in [0.3, 0.4) is 0 Å². The number of carbonyl (C=O) groups excluding carboxylic acids is 2. The maximum atomic E-state index is 11.5. The van der Waals surface area contributed by atoms with E-state index >= 15 is 0 Å². The lowest BCUT2D eigenvalue weighted by Gasteiger charge is -2.14. The molecule has 20 heavy (non-hydrogen) atoms. The summed E-state index contributed by atoms with van der Waals surface area (Å²) >= 11 is 0. The van der Waals surface area contributed by atoms with E-state index in [0.29, 0.717) is 25.6 Å². The molecule has 0 spiro atoms. The Kier molecular flexibility index (Phi) is 11.9. The van der Waals surface area contributed by atoms with Gasteiger partial charge in [-0.2, -0.15) is 0 Å². The van der Waals surface area contributed by atoms with Crippen LogP contribution in [-0.2, 0) is 19.1 Å². The fourth-order valence-electron chi connectivity index (χ4n) is 1.71. The third-order valence-electron chi connectivity index (χ3n) is 3.14. The summed E-state index contributed by atoms with van der Waals surface area (Å²) in [4.78, 5) is 22.8. The van der Waals surface area contributed by atoms with Gasteiger partial charge in [-0.15, -0.1) is 6.58 Å². The minimum atomic E-state index is -0.359. The highest BCUT2D eigenvalue weighted by Gasteiger charge is 2.12. The van der Waals surface area contributed by atoms with Crippen molar-refractivity contribution in [1.29, 1.82) is 0 Å². The summed E-state index contributed by atoms with van der Waals surface area (Å²) in [5, 5.41) is 0. The van der Waals surface area contributed by atoms with Crippen LogP contribution < -0.4 is 0 Å². The Morgan fingerprint density at radius 3 is 2.35 bits per heavy atom. The molecule has 0 aliphatic carbocycles. The number of ether oxygens (including phenoxy) is 2. The Morgan fingerprint density at radius 2 is 1.80 bits per heavy atom. The number of carbonyl (C=O) groups is 2. The van der Waals surface area contributed by atoms with Crippen molar-refractivity contribution in [2.45, 2.75) is 58.8 Å². The summed E-state index contributed by atoms with van der Waals surface area (Å²) in [5.41, 5.74) is 0. The van der Waals surface area contributed by atoms with Gasteiger partial charge in [0.1, 0.15) is 0 Å². The first-order chi connectivity index (χ1) is 9.63. The van der Waals surface area contributed by atoms with Crippen LogP contribution in [0, 0.1) is 5.92 Å². The molecule has 0 aliphatic heterocycles. The number of unbranched alkanes of at least 4 members (excludes halogenated alkanes) is 1. The fraction of sp³-hybridized carbons (Fsp3) is 0.750. The van der Waals surface area contributed by atoms with Gasteiger partial charge in [0.2, 0.25) is 0 Å². The summed E-state index contributed by atoms with van der Waals surface area (Å²) in [7, 11) is 0. The average Bonchev–Trinajstić information content (AvgIpc) is 2.45. The summed E-state index contributed by atoms with van der Waals surface area (Å²) in [6.07, 6.45) is 6.90. The van der Waals surface area contributed by atoms with Crippen molar-refractivity contribution in [3.05, 3.63) is 12.7 Å². The van der Waals surface area contributed by atoms with E-state index < -0.39 is 0 Å². The topological polar surface area (TPSA) is 52.6 Å². The lowest BCUT2D eigenvalue weighted by atomic mass is 10.0. The van der Waals surface area contributed by atoms with Crippen LogP contribution in [-0.4, -0.2) is 25.2 Å². The predicted molar refractivity (Wildman–Crippen MR) is 79.3 cm³/mol. The molecule has 0 aromatic carbocycles. The zero-order chi connectivity index (χ0) is 15.2. The molecule has 1 atom stereocenters. The van der Waals surface area contributed by atoms with Gasteiger partial charge in [0.15, 0.2) is 0 Å². The first kappa shape index (κ1) is 18.7. The van der Waals surface area contributed by atoms with Gasteiger partial charge >= 0.3 is 11.9 Å². The third kappa shape index (κ3) is 10.6. The highest BCUT2D eigenvalue weighted by atomic mass is 16.5. The summed E-state index contributed by atoms with van der Waals surface area (Å²) in [6.45, 7) is 8.57. The first-order valence-corrected chi connectivity index (χ1v) is 7.56. The van der Waals surface area contributed by atoms with Crippen molar-refractivity contribution in [2.24, 2.45) is 5.92 Å². The molecule has 0 rings (SSSR count). The van der Waals surface area contributed by atoms with E-state index in [2.05, 4.69) is 20.4 Å². The van der Waals surface area contributed by atoms with E-state index in [1.165, 1.54) is 0 Å². The Balaban J connectivity index is 3.71. The summed E-state index contributed by atoms with van der Waals surface area (Å²) in [6, 6.07) is 0. The second-order valence-electron chi connectivity index (χ2n) is 4.90. The molecule has 0 saturated carbocycles. The molecule has 0 heterocycles. The molecule has 0 radical (unpaired) electrons. The molecule has 0 fully saturated rings. The zero-order valence-corrected chi connectivity index (χ0v) is 12.9. The van der Waals surface area contributed by atoms with Crippen molar-refractivity contribution >= 4 is 11.9 Å². The Bertz CT molecular complexity index is 286. The molecule has 0 aromatic heterocycles. The summed E-state index contributed by atoms with van der Waals surface area (Å²) in [5.74, 6) is -0.249. The molecule has 116 valence electrons. The van der Waals surface area contributed by atoms with Crippen LogP contribution in [0.25, 0.3) is 0 Å². The van der Waals surface area contributed by atoms with Crippen molar-refractivity contribution in [3.63, 3.8) is 0 Å². The molecule has 0 aliphatic rings. The van der Waals surface area contributed by atoms with Crippen molar-refractivity contribution in [3.8, 4) is 0 Å². The van der Waals surface area contributed by atoms with Crippen LogP contribution in [0.15, 0.2) is 12.7 Å². The van der Waals surface area contributed by atoms with Crippen molar-refractivity contribution < 1.29 is 19.1 Å². The maximum Gasteiger partial charge on any atom is 0.306 e. The van der Waals surface area contributed by atoms with Crippen molar-refractivity contribution in [2.75, 3.05) is 13.2 Å². The lowest BCUT2D eigenvalue weighted by molar-refractivity contribution is -0.151. The van der Waals surface area contributed by atoms with E-state index in [0.717, 1.165) is 25.7 Å². The molecule has 4 nitrogen and oxygen atoms in total. The molecule has 0 N–H and O–H groups in total. The Labute approximate surface area is 122 Å². The normalized spacial score (nSPS) is 11.7. The van der Waals surface area contributed by atoms with Crippen LogP contribution in [0.1, 0.15) is 58.8 Å². The molecule has 0 amide bonds. The van der Waals surface area contributed by atoms with E-state index in [9.17, 15) is 9.59 Å². The van der Waals surface area contributed by atoms with Gasteiger partial charge in [-0.3, -0.25) is 9.59 Å². The van der Waals surface area contributed by atoms with E-state index in [1.807, 2.05) is 0 Å². The maximum absolute atomic E-state index is 11.5. The summed E-state index contributed by atoms with van der Waals surface area (Å²) < 4.78 is 10.1. The number of hydrogen-bond donors (Lipinski definition) is 0. The minimum Gasteiger partial charge on any atom is -0.465 e. The SMILES string of the molecule is C=CCCOC(=O)CCC(=O)OCC(CC)CCCC. The quantitative estimate of drug-likeness (QED) is 0.312. The lowest BCUT2D eigenvalue weighted by Crippen LogP contribution is -2.15. The van der Waals surface area contributed by atoms with E-state index in [1.54, 1.807) is 6.08 Å². The number of rotatable bonds is 12. The van der Waals surface area contributed by atoms with Crippen LogP contribution in [0.5, 0.6) is 0 Å². The molecule has 0 saturated heterocycles. The fourth-order valence-corrected chi connectivity index (χ4v) is 1.71. The van der Waals surface area contributed by atoms with E-state index in [4.69, 9.17) is 9.47 Å². The van der Waals surface area contributed by atoms with Crippen LogP contribution >= 0.6 is 0 Å². The monoisotopic (exact) mass is 284 g/mol. The van der Waals surface area contributed by atoms with Gasteiger partial charge in [-0.25, -0.2) is 0 Å². The highest BCUT2D eigenvalue weighted by molar-refractivity contribution is 5.77. The van der Waals surface area contributed by atoms with Crippen LogP contribution in [0.2, 0.25) is 0 Å². The molecule has 0 bridgehead atoms. The number of esters is 2. The first-order valence-electron chi connectivity index (χ1n) is 7.56.